The number of ketones is 2. The second-order valence-corrected chi connectivity index (χ2v) is 5.65. The van der Waals surface area contributed by atoms with Gasteiger partial charge in [0, 0.05) is 18.3 Å². The van der Waals surface area contributed by atoms with Gasteiger partial charge in [0.25, 0.3) is 0 Å². The lowest BCUT2D eigenvalue weighted by Crippen LogP contribution is -2.36. The third-order valence-electron chi connectivity index (χ3n) is 3.96. The van der Waals surface area contributed by atoms with Crippen LogP contribution in [0, 0.1) is 23.7 Å². The fourth-order valence-electron chi connectivity index (χ4n) is 2.79. The van der Waals surface area contributed by atoms with Gasteiger partial charge in [-0.2, -0.15) is 0 Å². The first-order valence-corrected chi connectivity index (χ1v) is 6.46. The Labute approximate surface area is 98.8 Å². The number of rotatable bonds is 4. The van der Waals surface area contributed by atoms with Gasteiger partial charge >= 0.3 is 0 Å². The highest BCUT2D eigenvalue weighted by Crippen LogP contribution is 2.36. The van der Waals surface area contributed by atoms with Crippen LogP contribution < -0.4 is 0 Å². The highest BCUT2D eigenvalue weighted by molar-refractivity contribution is 5.85. The third kappa shape index (κ3) is 3.16. The summed E-state index contributed by atoms with van der Waals surface area (Å²) in [6.07, 6.45) is 3.50. The van der Waals surface area contributed by atoms with Crippen molar-refractivity contribution >= 4 is 11.6 Å². The quantitative estimate of drug-likeness (QED) is 0.734. The molecule has 1 saturated carbocycles. The van der Waals surface area contributed by atoms with Gasteiger partial charge in [0.15, 0.2) is 0 Å². The molecule has 3 atom stereocenters. The molecule has 0 radical (unpaired) electrons. The van der Waals surface area contributed by atoms with Gasteiger partial charge in [-0.25, -0.2) is 0 Å². The molecule has 0 aromatic rings. The van der Waals surface area contributed by atoms with Gasteiger partial charge in [-0.1, -0.05) is 20.8 Å². The smallest absolute Gasteiger partial charge is 0.139 e. The first-order valence-electron chi connectivity index (χ1n) is 6.46. The molecular weight excluding hydrogens is 200 g/mol. The summed E-state index contributed by atoms with van der Waals surface area (Å²) in [6, 6.07) is 0. The predicted molar refractivity (Wildman–Crippen MR) is 65.1 cm³/mol. The fourth-order valence-corrected chi connectivity index (χ4v) is 2.79. The Kier molecular flexibility index (Phi) is 4.69. The maximum absolute atomic E-state index is 12.3. The zero-order chi connectivity index (χ0) is 12.3. The molecule has 0 aromatic carbocycles. The Bertz CT molecular complexity index is 268. The van der Waals surface area contributed by atoms with Crippen molar-refractivity contribution in [3.8, 4) is 0 Å². The predicted octanol–water partition coefficient (Wildman–Crippen LogP) is 3.24. The van der Waals surface area contributed by atoms with E-state index in [0.717, 1.165) is 19.3 Å². The van der Waals surface area contributed by atoms with Crippen LogP contribution in [-0.4, -0.2) is 11.6 Å². The van der Waals surface area contributed by atoms with E-state index in [0.29, 0.717) is 24.0 Å². The van der Waals surface area contributed by atoms with Crippen molar-refractivity contribution in [3.05, 3.63) is 0 Å². The fraction of sp³-hybridized carbons (Fsp3) is 0.857. The van der Waals surface area contributed by atoms with E-state index in [1.54, 1.807) is 6.92 Å². The lowest BCUT2D eigenvalue weighted by atomic mass is 9.69. The molecule has 0 aromatic heterocycles. The van der Waals surface area contributed by atoms with Gasteiger partial charge in [-0.3, -0.25) is 4.79 Å². The van der Waals surface area contributed by atoms with Crippen LogP contribution in [0.4, 0.5) is 0 Å². The second kappa shape index (κ2) is 5.60. The van der Waals surface area contributed by atoms with Crippen LogP contribution in [-0.2, 0) is 9.59 Å². The van der Waals surface area contributed by atoms with Crippen molar-refractivity contribution < 1.29 is 9.59 Å². The van der Waals surface area contributed by atoms with E-state index in [2.05, 4.69) is 20.8 Å². The minimum atomic E-state index is 0.130. The molecule has 2 nitrogen and oxygen atoms in total. The van der Waals surface area contributed by atoms with E-state index in [9.17, 15) is 9.59 Å². The first kappa shape index (κ1) is 13.4. The average molecular weight is 224 g/mol. The van der Waals surface area contributed by atoms with Crippen LogP contribution in [0.25, 0.3) is 0 Å². The van der Waals surface area contributed by atoms with E-state index in [4.69, 9.17) is 0 Å². The van der Waals surface area contributed by atoms with Crippen molar-refractivity contribution in [3.63, 3.8) is 0 Å². The molecule has 16 heavy (non-hydrogen) atoms. The first-order chi connectivity index (χ1) is 7.43. The maximum atomic E-state index is 12.3. The lowest BCUT2D eigenvalue weighted by Gasteiger charge is -2.34. The molecule has 0 aliphatic heterocycles. The summed E-state index contributed by atoms with van der Waals surface area (Å²) in [4.78, 5) is 23.3. The average Bonchev–Trinajstić information content (AvgIpc) is 2.16. The van der Waals surface area contributed by atoms with Crippen molar-refractivity contribution in [2.45, 2.75) is 53.4 Å². The largest absolute Gasteiger partial charge is 0.300 e. The highest BCUT2D eigenvalue weighted by atomic mass is 16.1. The Hall–Kier alpha value is -0.660. The third-order valence-corrected chi connectivity index (χ3v) is 3.96. The monoisotopic (exact) mass is 224 g/mol. The summed E-state index contributed by atoms with van der Waals surface area (Å²) >= 11 is 0. The van der Waals surface area contributed by atoms with Crippen molar-refractivity contribution in [2.75, 3.05) is 0 Å². The summed E-state index contributed by atoms with van der Waals surface area (Å²) in [6.45, 7) is 8.01. The van der Waals surface area contributed by atoms with Gasteiger partial charge in [0.05, 0.1) is 0 Å². The van der Waals surface area contributed by atoms with Gasteiger partial charge < -0.3 is 4.79 Å². The highest BCUT2D eigenvalue weighted by Gasteiger charge is 2.36. The summed E-state index contributed by atoms with van der Waals surface area (Å²) < 4.78 is 0. The number of carbonyl (C=O) groups excluding carboxylic acids is 2. The molecule has 92 valence electrons. The molecule has 2 heteroatoms. The van der Waals surface area contributed by atoms with E-state index in [1.807, 2.05) is 0 Å². The molecule has 1 fully saturated rings. The lowest BCUT2D eigenvalue weighted by molar-refractivity contribution is -0.133. The Morgan fingerprint density at radius 1 is 1.38 bits per heavy atom. The molecule has 0 bridgehead atoms. The molecular formula is C14H24O2. The minimum Gasteiger partial charge on any atom is -0.300 e. The second-order valence-electron chi connectivity index (χ2n) is 5.65. The molecule has 0 heterocycles. The molecule has 1 rings (SSSR count). The number of hydrogen-bond acceptors (Lipinski definition) is 2. The van der Waals surface area contributed by atoms with Gasteiger partial charge in [0.2, 0.25) is 0 Å². The molecule has 0 amide bonds. The van der Waals surface area contributed by atoms with Gasteiger partial charge in [-0.05, 0) is 38.0 Å². The summed E-state index contributed by atoms with van der Waals surface area (Å²) in [5.41, 5.74) is 0. The minimum absolute atomic E-state index is 0.130. The zero-order valence-electron chi connectivity index (χ0n) is 11.0. The van der Waals surface area contributed by atoms with Crippen molar-refractivity contribution in [1.29, 1.82) is 0 Å². The van der Waals surface area contributed by atoms with Gasteiger partial charge in [0.1, 0.15) is 11.6 Å². The molecule has 0 saturated heterocycles. The Morgan fingerprint density at radius 2 is 2.00 bits per heavy atom. The van der Waals surface area contributed by atoms with Crippen LogP contribution in [0.2, 0.25) is 0 Å². The number of Topliss-reactive ketones (excluding diaryl/α,β-unsaturated/α-hetero) is 2. The molecule has 0 unspecified atom stereocenters. The molecule has 0 spiro atoms. The number of hydrogen-bond donors (Lipinski definition) is 0. The van der Waals surface area contributed by atoms with E-state index < -0.39 is 0 Å². The van der Waals surface area contributed by atoms with Crippen LogP contribution in [0.1, 0.15) is 53.4 Å². The molecule has 0 N–H and O–H groups in total. The van der Waals surface area contributed by atoms with Crippen LogP contribution in [0.5, 0.6) is 0 Å². The Balaban J connectivity index is 2.64. The van der Waals surface area contributed by atoms with Crippen LogP contribution in [0.3, 0.4) is 0 Å². The summed E-state index contributed by atoms with van der Waals surface area (Å²) in [5, 5.41) is 0. The molecule has 1 aliphatic rings. The van der Waals surface area contributed by atoms with Crippen LogP contribution in [0.15, 0.2) is 0 Å². The summed E-state index contributed by atoms with van der Waals surface area (Å²) in [5.74, 6) is 1.88. The molecule has 1 aliphatic carbocycles. The van der Waals surface area contributed by atoms with Crippen molar-refractivity contribution in [1.82, 2.24) is 0 Å². The number of carbonyl (C=O) groups is 2. The van der Waals surface area contributed by atoms with E-state index in [-0.39, 0.29) is 17.6 Å². The van der Waals surface area contributed by atoms with E-state index >= 15 is 0 Å². The Morgan fingerprint density at radius 3 is 2.50 bits per heavy atom. The normalized spacial score (nSPS) is 30.8. The standard InChI is InChI=1S/C14H24O2/c1-9(2)12-7-5-10(3)13(14(12)16)8-6-11(4)15/h9-10,12-13H,5-8H2,1-4H3/t10-,12+,13-/m0/s1. The van der Waals surface area contributed by atoms with E-state index in [1.165, 1.54) is 0 Å². The maximum Gasteiger partial charge on any atom is 0.139 e. The van der Waals surface area contributed by atoms with Crippen LogP contribution >= 0.6 is 0 Å². The SMILES string of the molecule is CC(=O)CC[C@@H]1C(=O)[C@@H](C(C)C)CC[C@@H]1C. The van der Waals surface area contributed by atoms with Crippen molar-refractivity contribution in [2.24, 2.45) is 23.7 Å². The zero-order valence-corrected chi connectivity index (χ0v) is 11.0. The summed E-state index contributed by atoms with van der Waals surface area (Å²) in [7, 11) is 0. The van der Waals surface area contributed by atoms with Gasteiger partial charge in [-0.15, -0.1) is 0 Å². The topological polar surface area (TPSA) is 34.1 Å².